The molecule has 1 atom stereocenters. The molecule has 1 aromatic carbocycles. The van der Waals surface area contributed by atoms with Crippen LogP contribution in [-0.2, 0) is 14.3 Å². The zero-order chi connectivity index (χ0) is 13.2. The fraction of sp³-hybridized carbons (Fsp3) is 0.333. The van der Waals surface area contributed by atoms with Crippen LogP contribution in [0.2, 0.25) is 0 Å². The first-order valence-electron chi connectivity index (χ1n) is 5.45. The van der Waals surface area contributed by atoms with Crippen molar-refractivity contribution < 1.29 is 22.1 Å². The van der Waals surface area contributed by atoms with Crippen LogP contribution in [0.3, 0.4) is 0 Å². The minimum atomic E-state index is -3.46. The Kier molecular flexibility index (Phi) is 3.58. The number of hydrogen-bond donors (Lipinski definition) is 0. The van der Waals surface area contributed by atoms with Gasteiger partial charge in [0.05, 0.1) is 12.4 Å². The van der Waals surface area contributed by atoms with Crippen LogP contribution in [0.4, 0.5) is 0 Å². The summed E-state index contributed by atoms with van der Waals surface area (Å²) in [5, 5.41) is 0. The van der Waals surface area contributed by atoms with Crippen LogP contribution < -0.4 is 9.47 Å². The van der Waals surface area contributed by atoms with Crippen molar-refractivity contribution in [3.05, 3.63) is 36.3 Å². The lowest BCUT2D eigenvalue weighted by molar-refractivity contribution is 0.203. The van der Waals surface area contributed by atoms with E-state index in [0.29, 0.717) is 23.7 Å². The summed E-state index contributed by atoms with van der Waals surface area (Å²) in [4.78, 5) is 0. The van der Waals surface area contributed by atoms with Gasteiger partial charge in [0, 0.05) is 6.42 Å². The van der Waals surface area contributed by atoms with E-state index in [1.807, 2.05) is 12.1 Å². The monoisotopic (exact) mass is 270 g/mol. The molecule has 18 heavy (non-hydrogen) atoms. The SMILES string of the molecule is CC(CC1=COc2ccccc2O1)OS(C)(=O)=O. The first kappa shape index (κ1) is 12.9. The number of hydrogen-bond acceptors (Lipinski definition) is 5. The molecule has 0 N–H and O–H groups in total. The van der Waals surface area contributed by atoms with E-state index in [0.717, 1.165) is 6.26 Å². The van der Waals surface area contributed by atoms with E-state index in [9.17, 15) is 8.42 Å². The van der Waals surface area contributed by atoms with E-state index in [2.05, 4.69) is 0 Å². The van der Waals surface area contributed by atoms with Crippen molar-refractivity contribution in [1.82, 2.24) is 0 Å². The highest BCUT2D eigenvalue weighted by molar-refractivity contribution is 7.86. The van der Waals surface area contributed by atoms with Gasteiger partial charge in [0.1, 0.15) is 12.0 Å². The van der Waals surface area contributed by atoms with Crippen LogP contribution in [0, 0.1) is 0 Å². The van der Waals surface area contributed by atoms with Crippen LogP contribution in [0.1, 0.15) is 13.3 Å². The van der Waals surface area contributed by atoms with Crippen molar-refractivity contribution in [2.24, 2.45) is 0 Å². The third-order valence-electron chi connectivity index (χ3n) is 2.24. The Hall–Kier alpha value is -1.53. The normalized spacial score (nSPS) is 16.0. The van der Waals surface area contributed by atoms with Crippen LogP contribution in [0.5, 0.6) is 11.5 Å². The van der Waals surface area contributed by atoms with Gasteiger partial charge in [0.25, 0.3) is 10.1 Å². The van der Waals surface area contributed by atoms with Gasteiger partial charge in [-0.25, -0.2) is 0 Å². The first-order chi connectivity index (χ1) is 8.44. The van der Waals surface area contributed by atoms with E-state index in [4.69, 9.17) is 13.7 Å². The molecule has 0 saturated carbocycles. The predicted molar refractivity (Wildman–Crippen MR) is 65.8 cm³/mol. The molecule has 0 spiro atoms. The molecule has 1 unspecified atom stereocenters. The molecule has 0 radical (unpaired) electrons. The van der Waals surface area contributed by atoms with Crippen molar-refractivity contribution in [2.45, 2.75) is 19.4 Å². The van der Waals surface area contributed by atoms with Crippen LogP contribution in [-0.4, -0.2) is 20.8 Å². The number of rotatable bonds is 4. The third kappa shape index (κ3) is 3.48. The molecule has 0 aromatic heterocycles. The summed E-state index contributed by atoms with van der Waals surface area (Å²) < 4.78 is 37.7. The zero-order valence-electron chi connectivity index (χ0n) is 10.1. The minimum absolute atomic E-state index is 0.321. The van der Waals surface area contributed by atoms with Gasteiger partial charge >= 0.3 is 0 Å². The molecule has 0 bridgehead atoms. The van der Waals surface area contributed by atoms with E-state index < -0.39 is 16.2 Å². The highest BCUT2D eigenvalue weighted by atomic mass is 32.2. The molecule has 5 nitrogen and oxygen atoms in total. The minimum Gasteiger partial charge on any atom is -0.458 e. The lowest BCUT2D eigenvalue weighted by Crippen LogP contribution is -2.17. The number of ether oxygens (including phenoxy) is 2. The Morgan fingerprint density at radius 1 is 1.28 bits per heavy atom. The molecule has 6 heteroatoms. The second-order valence-electron chi connectivity index (χ2n) is 4.07. The average molecular weight is 270 g/mol. The van der Waals surface area contributed by atoms with Gasteiger partial charge in [0.2, 0.25) is 0 Å². The summed E-state index contributed by atoms with van der Waals surface area (Å²) in [6, 6.07) is 7.25. The van der Waals surface area contributed by atoms with Crippen LogP contribution in [0.25, 0.3) is 0 Å². The number of benzene rings is 1. The maximum Gasteiger partial charge on any atom is 0.264 e. The topological polar surface area (TPSA) is 61.8 Å². The lowest BCUT2D eigenvalue weighted by Gasteiger charge is -2.19. The Morgan fingerprint density at radius 3 is 2.61 bits per heavy atom. The summed E-state index contributed by atoms with van der Waals surface area (Å²) in [6.45, 7) is 1.66. The smallest absolute Gasteiger partial charge is 0.264 e. The van der Waals surface area contributed by atoms with Crippen molar-refractivity contribution in [3.8, 4) is 11.5 Å². The van der Waals surface area contributed by atoms with E-state index >= 15 is 0 Å². The molecule has 0 amide bonds. The van der Waals surface area contributed by atoms with E-state index in [1.165, 1.54) is 6.26 Å². The Bertz CT molecular complexity index is 562. The molecule has 0 fully saturated rings. The quantitative estimate of drug-likeness (QED) is 0.784. The standard InChI is InChI=1S/C12H14O5S/c1-9(17-18(2,13)14)7-10-8-15-11-5-3-4-6-12(11)16-10/h3-6,8-9H,7H2,1-2H3. The maximum absolute atomic E-state index is 11.0. The van der Waals surface area contributed by atoms with Crippen LogP contribution >= 0.6 is 0 Å². The van der Waals surface area contributed by atoms with E-state index in [-0.39, 0.29) is 0 Å². The first-order valence-corrected chi connectivity index (χ1v) is 7.26. The second-order valence-corrected chi connectivity index (χ2v) is 5.67. The number of fused-ring (bicyclic) bond motifs is 1. The lowest BCUT2D eigenvalue weighted by atomic mass is 10.2. The zero-order valence-corrected chi connectivity index (χ0v) is 10.9. The van der Waals surface area contributed by atoms with Gasteiger partial charge in [0.15, 0.2) is 11.5 Å². The fourth-order valence-electron chi connectivity index (χ4n) is 1.63. The van der Waals surface area contributed by atoms with Gasteiger partial charge in [-0.2, -0.15) is 8.42 Å². The molecule has 1 aromatic rings. The van der Waals surface area contributed by atoms with Gasteiger partial charge in [-0.05, 0) is 19.1 Å². The van der Waals surface area contributed by atoms with Gasteiger partial charge < -0.3 is 9.47 Å². The number of para-hydroxylation sites is 2. The Morgan fingerprint density at radius 2 is 1.94 bits per heavy atom. The van der Waals surface area contributed by atoms with E-state index in [1.54, 1.807) is 19.1 Å². The molecule has 98 valence electrons. The molecule has 1 aliphatic heterocycles. The van der Waals surface area contributed by atoms with Crippen molar-refractivity contribution >= 4 is 10.1 Å². The van der Waals surface area contributed by atoms with Crippen molar-refractivity contribution in [2.75, 3.05) is 6.26 Å². The largest absolute Gasteiger partial charge is 0.458 e. The summed E-state index contributed by atoms with van der Waals surface area (Å²) >= 11 is 0. The maximum atomic E-state index is 11.0. The summed E-state index contributed by atoms with van der Waals surface area (Å²) in [5.41, 5.74) is 0. The fourth-order valence-corrected chi connectivity index (χ4v) is 2.30. The molecular formula is C12H14O5S. The van der Waals surface area contributed by atoms with Gasteiger partial charge in [-0.15, -0.1) is 0 Å². The molecule has 1 heterocycles. The average Bonchev–Trinajstić information content (AvgIpc) is 2.26. The van der Waals surface area contributed by atoms with Crippen molar-refractivity contribution in [1.29, 1.82) is 0 Å². The van der Waals surface area contributed by atoms with Crippen molar-refractivity contribution in [3.63, 3.8) is 0 Å². The molecule has 0 saturated heterocycles. The second kappa shape index (κ2) is 4.99. The molecule has 0 aliphatic carbocycles. The molecular weight excluding hydrogens is 256 g/mol. The molecule has 2 rings (SSSR count). The highest BCUT2D eigenvalue weighted by Gasteiger charge is 2.18. The highest BCUT2D eigenvalue weighted by Crippen LogP contribution is 2.33. The molecule has 1 aliphatic rings. The summed E-state index contributed by atoms with van der Waals surface area (Å²) in [6.07, 6.45) is 2.30. The Balaban J connectivity index is 1.99. The predicted octanol–water partition coefficient (Wildman–Crippen LogP) is 2.05. The van der Waals surface area contributed by atoms with Gasteiger partial charge in [-0.3, -0.25) is 4.18 Å². The third-order valence-corrected chi connectivity index (χ3v) is 2.91. The summed E-state index contributed by atoms with van der Waals surface area (Å²) in [5.74, 6) is 1.78. The summed E-state index contributed by atoms with van der Waals surface area (Å²) in [7, 11) is -3.46. The van der Waals surface area contributed by atoms with Gasteiger partial charge in [-0.1, -0.05) is 12.1 Å². The van der Waals surface area contributed by atoms with Crippen LogP contribution in [0.15, 0.2) is 36.3 Å². The Labute approximate surface area is 106 Å².